The highest BCUT2D eigenvalue weighted by atomic mass is 79.9. The number of hydrogen-bond acceptors (Lipinski definition) is 4. The molecule has 0 aliphatic rings. The summed E-state index contributed by atoms with van der Waals surface area (Å²) in [4.78, 5) is 12.2. The standard InChI is InChI=1S/C19H27BrN2O3/c1-13(2)10-19(6,22-17(23)25-18(3,4)5)12-24-16-8-7-15(20)9-14(16)11-21/h7-9,13H,10,12H2,1-6H3,(H,22,23). The zero-order valence-corrected chi connectivity index (χ0v) is 17.4. The summed E-state index contributed by atoms with van der Waals surface area (Å²) in [5, 5.41) is 12.2. The number of nitrogens with zero attached hydrogens (tertiary/aromatic N) is 1. The van der Waals surface area contributed by atoms with E-state index in [4.69, 9.17) is 9.47 Å². The molecule has 1 aromatic rings. The second-order valence-electron chi connectivity index (χ2n) is 7.83. The maximum atomic E-state index is 12.2. The highest BCUT2D eigenvalue weighted by molar-refractivity contribution is 9.10. The quantitative estimate of drug-likeness (QED) is 0.713. The smallest absolute Gasteiger partial charge is 0.408 e. The largest absolute Gasteiger partial charge is 0.490 e. The Kier molecular flexibility index (Phi) is 7.30. The van der Waals surface area contributed by atoms with Gasteiger partial charge >= 0.3 is 6.09 Å². The molecule has 0 radical (unpaired) electrons. The summed E-state index contributed by atoms with van der Waals surface area (Å²) in [6, 6.07) is 7.38. The van der Waals surface area contributed by atoms with E-state index < -0.39 is 17.2 Å². The first-order chi connectivity index (χ1) is 11.4. The van der Waals surface area contributed by atoms with Crippen LogP contribution in [0.4, 0.5) is 4.79 Å². The van der Waals surface area contributed by atoms with Crippen molar-refractivity contribution in [3.8, 4) is 11.8 Å². The fourth-order valence-electron chi connectivity index (χ4n) is 2.55. The summed E-state index contributed by atoms with van der Waals surface area (Å²) >= 11 is 3.34. The fraction of sp³-hybridized carbons (Fsp3) is 0.579. The van der Waals surface area contributed by atoms with Crippen LogP contribution in [0, 0.1) is 17.2 Å². The van der Waals surface area contributed by atoms with Gasteiger partial charge in [-0.2, -0.15) is 5.26 Å². The third-order valence-corrected chi connectivity index (χ3v) is 3.76. The van der Waals surface area contributed by atoms with Gasteiger partial charge in [0.25, 0.3) is 0 Å². The number of ether oxygens (including phenoxy) is 2. The minimum absolute atomic E-state index is 0.237. The normalized spacial score (nSPS) is 13.7. The van der Waals surface area contributed by atoms with Gasteiger partial charge in [0, 0.05) is 4.47 Å². The molecular weight excluding hydrogens is 384 g/mol. The molecule has 0 fully saturated rings. The lowest BCUT2D eigenvalue weighted by Crippen LogP contribution is -2.52. The summed E-state index contributed by atoms with van der Waals surface area (Å²) in [7, 11) is 0. The highest BCUT2D eigenvalue weighted by Gasteiger charge is 2.31. The molecule has 1 atom stereocenters. The molecule has 1 unspecified atom stereocenters. The minimum atomic E-state index is -0.615. The first kappa shape index (κ1) is 21.3. The topological polar surface area (TPSA) is 71.3 Å². The van der Waals surface area contributed by atoms with E-state index >= 15 is 0 Å². The number of nitrogens with one attached hydrogen (secondary N) is 1. The number of hydrogen-bond donors (Lipinski definition) is 1. The molecule has 1 aromatic carbocycles. The maximum absolute atomic E-state index is 12.2. The van der Waals surface area contributed by atoms with Crippen LogP contribution in [0.1, 0.15) is 53.5 Å². The van der Waals surface area contributed by atoms with E-state index in [1.807, 2.05) is 33.8 Å². The van der Waals surface area contributed by atoms with E-state index in [1.54, 1.807) is 12.1 Å². The molecule has 0 aliphatic heterocycles. The van der Waals surface area contributed by atoms with E-state index in [0.29, 0.717) is 23.7 Å². The van der Waals surface area contributed by atoms with Crippen molar-refractivity contribution < 1.29 is 14.3 Å². The van der Waals surface area contributed by atoms with Crippen LogP contribution in [0.15, 0.2) is 22.7 Å². The van der Waals surface area contributed by atoms with Crippen molar-refractivity contribution in [1.82, 2.24) is 5.32 Å². The molecule has 138 valence electrons. The average molecular weight is 411 g/mol. The van der Waals surface area contributed by atoms with Gasteiger partial charge in [-0.3, -0.25) is 0 Å². The van der Waals surface area contributed by atoms with Crippen LogP contribution in [0.3, 0.4) is 0 Å². The second-order valence-corrected chi connectivity index (χ2v) is 8.74. The molecule has 6 heteroatoms. The summed E-state index contributed by atoms with van der Waals surface area (Å²) < 4.78 is 12.0. The van der Waals surface area contributed by atoms with Crippen LogP contribution < -0.4 is 10.1 Å². The molecule has 0 bridgehead atoms. The summed E-state index contributed by atoms with van der Waals surface area (Å²) in [6.45, 7) is 11.8. The summed E-state index contributed by atoms with van der Waals surface area (Å²) in [6.07, 6.45) is 0.237. The molecule has 0 spiro atoms. The number of nitriles is 1. The minimum Gasteiger partial charge on any atom is -0.490 e. The predicted octanol–water partition coefficient (Wildman–Crippen LogP) is 5.03. The van der Waals surface area contributed by atoms with E-state index in [9.17, 15) is 10.1 Å². The fourth-order valence-corrected chi connectivity index (χ4v) is 2.91. The van der Waals surface area contributed by atoms with Crippen molar-refractivity contribution in [3.63, 3.8) is 0 Å². The van der Waals surface area contributed by atoms with Gasteiger partial charge in [0.1, 0.15) is 24.0 Å². The Morgan fingerprint density at radius 2 is 1.96 bits per heavy atom. The van der Waals surface area contributed by atoms with Gasteiger partial charge in [-0.1, -0.05) is 29.8 Å². The van der Waals surface area contributed by atoms with Gasteiger partial charge in [-0.05, 0) is 58.2 Å². The first-order valence-corrected chi connectivity index (χ1v) is 9.07. The Bertz CT molecular complexity index is 647. The van der Waals surface area contributed by atoms with E-state index in [1.165, 1.54) is 0 Å². The van der Waals surface area contributed by atoms with E-state index in [-0.39, 0.29) is 6.61 Å². The van der Waals surface area contributed by atoms with Gasteiger partial charge in [0.05, 0.1) is 11.1 Å². The van der Waals surface area contributed by atoms with Crippen molar-refractivity contribution >= 4 is 22.0 Å². The lowest BCUT2D eigenvalue weighted by atomic mass is 9.91. The Balaban J connectivity index is 2.89. The lowest BCUT2D eigenvalue weighted by molar-refractivity contribution is 0.0408. The van der Waals surface area contributed by atoms with Gasteiger partial charge in [0.15, 0.2) is 0 Å². The third kappa shape index (κ3) is 7.78. The number of carbonyl (C=O) groups is 1. The number of amides is 1. The molecule has 0 aliphatic carbocycles. The summed E-state index contributed by atoms with van der Waals surface area (Å²) in [5.74, 6) is 0.843. The monoisotopic (exact) mass is 410 g/mol. The van der Waals surface area contributed by atoms with Crippen LogP contribution in [-0.2, 0) is 4.74 Å². The lowest BCUT2D eigenvalue weighted by Gasteiger charge is -2.33. The van der Waals surface area contributed by atoms with Crippen LogP contribution in [0.25, 0.3) is 0 Å². The van der Waals surface area contributed by atoms with Crippen LogP contribution >= 0.6 is 15.9 Å². The van der Waals surface area contributed by atoms with Crippen molar-refractivity contribution in [2.45, 2.75) is 59.1 Å². The second kappa shape index (κ2) is 8.57. The maximum Gasteiger partial charge on any atom is 0.408 e. The third-order valence-electron chi connectivity index (χ3n) is 3.27. The van der Waals surface area contributed by atoms with Crippen LogP contribution in [-0.4, -0.2) is 23.8 Å². The molecule has 1 N–H and O–H groups in total. The van der Waals surface area contributed by atoms with Gasteiger partial charge in [-0.25, -0.2) is 4.79 Å². The Morgan fingerprint density at radius 3 is 2.48 bits per heavy atom. The highest BCUT2D eigenvalue weighted by Crippen LogP contribution is 2.25. The number of benzene rings is 1. The Morgan fingerprint density at radius 1 is 1.32 bits per heavy atom. The van der Waals surface area contributed by atoms with Gasteiger partial charge in [-0.15, -0.1) is 0 Å². The van der Waals surface area contributed by atoms with Crippen molar-refractivity contribution in [3.05, 3.63) is 28.2 Å². The number of rotatable bonds is 6. The molecule has 0 heterocycles. The van der Waals surface area contributed by atoms with E-state index in [2.05, 4.69) is 41.2 Å². The molecule has 1 rings (SSSR count). The molecule has 5 nitrogen and oxygen atoms in total. The molecular formula is C19H27BrN2O3. The van der Waals surface area contributed by atoms with Crippen molar-refractivity contribution in [1.29, 1.82) is 5.26 Å². The average Bonchev–Trinajstić information content (AvgIpc) is 2.42. The predicted molar refractivity (Wildman–Crippen MR) is 102 cm³/mol. The van der Waals surface area contributed by atoms with Crippen molar-refractivity contribution in [2.75, 3.05) is 6.61 Å². The number of carbonyl (C=O) groups excluding carboxylic acids is 1. The van der Waals surface area contributed by atoms with Crippen molar-refractivity contribution in [2.24, 2.45) is 5.92 Å². The van der Waals surface area contributed by atoms with E-state index in [0.717, 1.165) is 4.47 Å². The summed E-state index contributed by atoms with van der Waals surface area (Å²) in [5.41, 5.74) is -0.738. The molecule has 0 saturated heterocycles. The molecule has 0 saturated carbocycles. The van der Waals surface area contributed by atoms with Gasteiger partial charge in [0.2, 0.25) is 0 Å². The first-order valence-electron chi connectivity index (χ1n) is 8.28. The Labute approximate surface area is 158 Å². The van der Waals surface area contributed by atoms with Crippen LogP contribution in [0.2, 0.25) is 0 Å². The van der Waals surface area contributed by atoms with Crippen LogP contribution in [0.5, 0.6) is 5.75 Å². The molecule has 0 aromatic heterocycles. The SMILES string of the molecule is CC(C)CC(C)(COc1ccc(Br)cc1C#N)NC(=O)OC(C)(C)C. The number of alkyl carbamates (subject to hydrolysis) is 1. The zero-order chi connectivity index (χ0) is 19.3. The molecule has 25 heavy (non-hydrogen) atoms. The Hall–Kier alpha value is -1.74. The van der Waals surface area contributed by atoms with Gasteiger partial charge < -0.3 is 14.8 Å². The number of halogens is 1. The zero-order valence-electron chi connectivity index (χ0n) is 15.8. The molecule has 1 amide bonds.